The van der Waals surface area contributed by atoms with Crippen molar-refractivity contribution in [2.24, 2.45) is 7.05 Å². The maximum absolute atomic E-state index is 12.1. The van der Waals surface area contributed by atoms with Gasteiger partial charge in [0.2, 0.25) is 5.91 Å². The Bertz CT molecular complexity index is 978. The number of benzene rings is 1. The van der Waals surface area contributed by atoms with Crippen molar-refractivity contribution in [3.05, 3.63) is 66.1 Å². The number of aryl methyl sites for hydroxylation is 1. The molecule has 28 heavy (non-hydrogen) atoms. The summed E-state index contributed by atoms with van der Waals surface area (Å²) in [6.07, 6.45) is 8.63. The molecule has 0 fully saturated rings. The van der Waals surface area contributed by atoms with E-state index in [0.717, 1.165) is 22.4 Å². The van der Waals surface area contributed by atoms with Gasteiger partial charge in [-0.25, -0.2) is 0 Å². The Kier molecular flexibility index (Phi) is 6.06. The molecule has 7 heteroatoms. The van der Waals surface area contributed by atoms with Crippen LogP contribution in [-0.2, 0) is 18.4 Å². The molecule has 1 N–H and O–H groups in total. The number of methoxy groups -OCH3 is 2. The molecule has 1 aromatic carbocycles. The van der Waals surface area contributed by atoms with Crippen molar-refractivity contribution in [3.63, 3.8) is 0 Å². The smallest absolute Gasteiger partial charge is 0.244 e. The Morgan fingerprint density at radius 1 is 1.14 bits per heavy atom. The van der Waals surface area contributed by atoms with E-state index < -0.39 is 0 Å². The van der Waals surface area contributed by atoms with Crippen molar-refractivity contribution >= 4 is 12.0 Å². The van der Waals surface area contributed by atoms with E-state index in [-0.39, 0.29) is 5.91 Å². The van der Waals surface area contributed by atoms with E-state index in [1.165, 1.54) is 6.08 Å². The minimum atomic E-state index is -0.189. The Morgan fingerprint density at radius 3 is 2.61 bits per heavy atom. The van der Waals surface area contributed by atoms with Gasteiger partial charge in [-0.05, 0) is 35.4 Å². The third-order valence-electron chi connectivity index (χ3n) is 4.13. The van der Waals surface area contributed by atoms with Crippen LogP contribution in [0.1, 0.15) is 11.1 Å². The number of hydrogen-bond donors (Lipinski definition) is 1. The fraction of sp³-hybridized carbons (Fsp3) is 0.190. The second-order valence-corrected chi connectivity index (χ2v) is 6.12. The highest BCUT2D eigenvalue weighted by Gasteiger charge is 2.04. The van der Waals surface area contributed by atoms with Gasteiger partial charge in [-0.1, -0.05) is 12.1 Å². The van der Waals surface area contributed by atoms with Crippen molar-refractivity contribution in [2.75, 3.05) is 14.2 Å². The largest absolute Gasteiger partial charge is 0.493 e. The lowest BCUT2D eigenvalue weighted by atomic mass is 10.2. The van der Waals surface area contributed by atoms with Gasteiger partial charge in [0.15, 0.2) is 11.5 Å². The van der Waals surface area contributed by atoms with Crippen LogP contribution >= 0.6 is 0 Å². The first-order valence-electron chi connectivity index (χ1n) is 8.71. The normalized spacial score (nSPS) is 10.8. The van der Waals surface area contributed by atoms with Crippen LogP contribution in [0.25, 0.3) is 17.3 Å². The summed E-state index contributed by atoms with van der Waals surface area (Å²) in [5, 5.41) is 6.98. The summed E-state index contributed by atoms with van der Waals surface area (Å²) in [7, 11) is 5.02. The zero-order valence-corrected chi connectivity index (χ0v) is 16.0. The molecule has 0 atom stereocenters. The van der Waals surface area contributed by atoms with Crippen LogP contribution in [-0.4, -0.2) is 34.9 Å². The molecular weight excluding hydrogens is 356 g/mol. The molecule has 1 amide bonds. The van der Waals surface area contributed by atoms with Gasteiger partial charge in [-0.15, -0.1) is 0 Å². The van der Waals surface area contributed by atoms with Gasteiger partial charge < -0.3 is 14.8 Å². The number of aromatic nitrogens is 3. The Morgan fingerprint density at radius 2 is 1.96 bits per heavy atom. The third kappa shape index (κ3) is 4.76. The van der Waals surface area contributed by atoms with Gasteiger partial charge in [0.25, 0.3) is 0 Å². The van der Waals surface area contributed by atoms with Gasteiger partial charge in [0.05, 0.1) is 26.1 Å². The predicted octanol–water partition coefficient (Wildman–Crippen LogP) is 2.83. The Balaban J connectivity index is 1.56. The van der Waals surface area contributed by atoms with Crippen LogP contribution < -0.4 is 14.8 Å². The van der Waals surface area contributed by atoms with Crippen LogP contribution in [0, 0.1) is 0 Å². The van der Waals surface area contributed by atoms with Crippen LogP contribution in [0.15, 0.2) is 55.0 Å². The molecule has 0 aliphatic carbocycles. The number of nitrogens with zero attached hydrogens (tertiary/aromatic N) is 3. The lowest BCUT2D eigenvalue weighted by Gasteiger charge is -2.07. The minimum absolute atomic E-state index is 0.189. The fourth-order valence-corrected chi connectivity index (χ4v) is 2.63. The molecule has 0 aliphatic rings. The summed E-state index contributed by atoms with van der Waals surface area (Å²) in [6.45, 7) is 0.398. The molecule has 3 aromatic rings. The Labute approximate surface area is 163 Å². The number of rotatable bonds is 7. The monoisotopic (exact) mass is 378 g/mol. The average molecular weight is 378 g/mol. The fourth-order valence-electron chi connectivity index (χ4n) is 2.63. The van der Waals surface area contributed by atoms with Gasteiger partial charge in [0, 0.05) is 37.6 Å². The maximum Gasteiger partial charge on any atom is 0.244 e. The zero-order valence-electron chi connectivity index (χ0n) is 16.0. The molecule has 0 bridgehead atoms. The molecule has 0 aliphatic heterocycles. The number of pyridine rings is 1. The zero-order chi connectivity index (χ0) is 19.9. The Hall–Kier alpha value is -3.61. The third-order valence-corrected chi connectivity index (χ3v) is 4.13. The molecule has 2 heterocycles. The molecule has 7 nitrogen and oxygen atoms in total. The molecule has 2 aromatic heterocycles. The van der Waals surface area contributed by atoms with E-state index in [4.69, 9.17) is 9.47 Å². The van der Waals surface area contributed by atoms with Crippen molar-refractivity contribution in [2.45, 2.75) is 6.54 Å². The number of nitrogens with one attached hydrogen (secondary N) is 1. The summed E-state index contributed by atoms with van der Waals surface area (Å²) < 4.78 is 12.2. The van der Waals surface area contributed by atoms with Crippen molar-refractivity contribution < 1.29 is 14.3 Å². The number of hydrogen-bond acceptors (Lipinski definition) is 5. The van der Waals surface area contributed by atoms with E-state index in [1.807, 2.05) is 37.5 Å². The molecular formula is C21H22N4O3. The van der Waals surface area contributed by atoms with Gasteiger partial charge in [0.1, 0.15) is 0 Å². The molecule has 3 rings (SSSR count). The SMILES string of the molecule is COc1ccc(C=CC(=O)NCc2ccc(-c3cnn(C)c3)nc2)cc1OC. The molecule has 0 saturated heterocycles. The van der Waals surface area contributed by atoms with E-state index >= 15 is 0 Å². The first kappa shape index (κ1) is 19.2. The molecule has 0 unspecified atom stereocenters. The van der Waals surface area contributed by atoms with E-state index in [2.05, 4.69) is 15.4 Å². The standard InChI is InChI=1S/C21H22N4O3/c1-25-14-17(13-24-25)18-7-4-16(11-22-18)12-23-21(26)9-6-15-5-8-19(27-2)20(10-15)28-3/h4-11,13-14H,12H2,1-3H3,(H,23,26). The quantitative estimate of drug-likeness (QED) is 0.640. The lowest BCUT2D eigenvalue weighted by molar-refractivity contribution is -0.116. The number of amides is 1. The van der Waals surface area contributed by atoms with E-state index in [1.54, 1.807) is 43.4 Å². The summed E-state index contributed by atoms with van der Waals surface area (Å²) in [6, 6.07) is 9.31. The van der Waals surface area contributed by atoms with Crippen molar-refractivity contribution in [3.8, 4) is 22.8 Å². The van der Waals surface area contributed by atoms with Crippen molar-refractivity contribution in [1.29, 1.82) is 0 Å². The highest BCUT2D eigenvalue weighted by molar-refractivity contribution is 5.91. The topological polar surface area (TPSA) is 78.3 Å². The number of ether oxygens (including phenoxy) is 2. The molecule has 0 radical (unpaired) electrons. The predicted molar refractivity (Wildman–Crippen MR) is 107 cm³/mol. The lowest BCUT2D eigenvalue weighted by Crippen LogP contribution is -2.20. The minimum Gasteiger partial charge on any atom is -0.493 e. The number of carbonyl (C=O) groups excluding carboxylic acids is 1. The van der Waals surface area contributed by atoms with Gasteiger partial charge in [-0.2, -0.15) is 5.10 Å². The van der Waals surface area contributed by atoms with Crippen LogP contribution in [0.5, 0.6) is 11.5 Å². The average Bonchev–Trinajstić information content (AvgIpc) is 3.17. The first-order chi connectivity index (χ1) is 13.6. The summed E-state index contributed by atoms with van der Waals surface area (Å²) in [5.74, 6) is 1.07. The molecule has 144 valence electrons. The number of carbonyl (C=O) groups is 1. The molecule has 0 spiro atoms. The van der Waals surface area contributed by atoms with E-state index in [0.29, 0.717) is 18.0 Å². The van der Waals surface area contributed by atoms with Gasteiger partial charge in [-0.3, -0.25) is 14.5 Å². The molecule has 0 saturated carbocycles. The summed E-state index contributed by atoms with van der Waals surface area (Å²) in [4.78, 5) is 16.5. The highest BCUT2D eigenvalue weighted by atomic mass is 16.5. The summed E-state index contributed by atoms with van der Waals surface area (Å²) in [5.41, 5.74) is 3.56. The van der Waals surface area contributed by atoms with Crippen LogP contribution in [0.3, 0.4) is 0 Å². The van der Waals surface area contributed by atoms with Crippen LogP contribution in [0.4, 0.5) is 0 Å². The maximum atomic E-state index is 12.1. The van der Waals surface area contributed by atoms with E-state index in [9.17, 15) is 4.79 Å². The first-order valence-corrected chi connectivity index (χ1v) is 8.71. The highest BCUT2D eigenvalue weighted by Crippen LogP contribution is 2.27. The second kappa shape index (κ2) is 8.85. The summed E-state index contributed by atoms with van der Waals surface area (Å²) >= 11 is 0. The second-order valence-electron chi connectivity index (χ2n) is 6.12. The van der Waals surface area contributed by atoms with Gasteiger partial charge >= 0.3 is 0 Å². The van der Waals surface area contributed by atoms with Crippen LogP contribution in [0.2, 0.25) is 0 Å². The van der Waals surface area contributed by atoms with Crippen molar-refractivity contribution in [1.82, 2.24) is 20.1 Å².